The molecule has 224 valence electrons. The second-order valence-corrected chi connectivity index (χ2v) is 11.7. The largest absolute Gasteiger partial charge is 0.479 e. The number of carbonyl (C=O) groups excluding carboxylic acids is 2. The molecule has 1 saturated carbocycles. The first-order valence-electron chi connectivity index (χ1n) is 14.9. The van der Waals surface area contributed by atoms with Crippen LogP contribution in [-0.2, 0) is 14.4 Å². The molecule has 3 aromatic rings. The average molecular weight is 587 g/mol. The first-order chi connectivity index (χ1) is 20.8. The van der Waals surface area contributed by atoms with Gasteiger partial charge in [-0.25, -0.2) is 14.2 Å². The zero-order valence-corrected chi connectivity index (χ0v) is 23.7. The summed E-state index contributed by atoms with van der Waals surface area (Å²) in [4.78, 5) is 46.3. The highest BCUT2D eigenvalue weighted by atomic mass is 19.1. The van der Waals surface area contributed by atoms with E-state index in [2.05, 4.69) is 15.6 Å². The molecule has 0 radical (unpaired) electrons. The maximum Gasteiger partial charge on any atom is 0.330 e. The molecular formula is C33H35FN4O5. The van der Waals surface area contributed by atoms with Gasteiger partial charge in [-0.3, -0.25) is 9.59 Å². The van der Waals surface area contributed by atoms with Crippen molar-refractivity contribution in [1.29, 1.82) is 0 Å². The van der Waals surface area contributed by atoms with Crippen LogP contribution < -0.4 is 15.4 Å². The molecule has 3 aliphatic rings. The molecule has 0 bridgehead atoms. The third-order valence-electron chi connectivity index (χ3n) is 8.70. The van der Waals surface area contributed by atoms with Crippen LogP contribution in [0.1, 0.15) is 44.9 Å². The minimum atomic E-state index is -1.39. The number of aromatic nitrogens is 1. The second-order valence-electron chi connectivity index (χ2n) is 11.7. The smallest absolute Gasteiger partial charge is 0.330 e. The second kappa shape index (κ2) is 12.0. The predicted octanol–water partition coefficient (Wildman–Crippen LogP) is 4.68. The summed E-state index contributed by atoms with van der Waals surface area (Å²) in [6, 6.07) is 13.8. The van der Waals surface area contributed by atoms with Crippen molar-refractivity contribution in [1.82, 2.24) is 15.2 Å². The van der Waals surface area contributed by atoms with Gasteiger partial charge in [-0.05, 0) is 61.4 Å². The lowest BCUT2D eigenvalue weighted by Gasteiger charge is -2.30. The first-order valence-corrected chi connectivity index (χ1v) is 14.9. The van der Waals surface area contributed by atoms with E-state index in [0.29, 0.717) is 24.4 Å². The molecule has 0 unspecified atom stereocenters. The van der Waals surface area contributed by atoms with Gasteiger partial charge in [0, 0.05) is 29.6 Å². The average Bonchev–Trinajstić information content (AvgIpc) is 3.53. The molecule has 1 aliphatic carbocycles. The van der Waals surface area contributed by atoms with Gasteiger partial charge in [0.1, 0.15) is 29.5 Å². The van der Waals surface area contributed by atoms with Crippen molar-refractivity contribution in [3.63, 3.8) is 0 Å². The van der Waals surface area contributed by atoms with E-state index in [-0.39, 0.29) is 24.8 Å². The number of hydrogen-bond acceptors (Lipinski definition) is 6. The Hall–Kier alpha value is -4.47. The van der Waals surface area contributed by atoms with Gasteiger partial charge in [-0.2, -0.15) is 0 Å². The van der Waals surface area contributed by atoms with Crippen molar-refractivity contribution >= 4 is 34.2 Å². The van der Waals surface area contributed by atoms with Crippen LogP contribution in [0.15, 0.2) is 72.9 Å². The molecule has 2 aliphatic heterocycles. The van der Waals surface area contributed by atoms with Crippen LogP contribution in [0.25, 0.3) is 10.8 Å². The van der Waals surface area contributed by atoms with E-state index in [1.807, 2.05) is 42.5 Å². The minimum absolute atomic E-state index is 0.118. The number of hydrogen-bond donors (Lipinski definition) is 3. The fraction of sp³-hybridized carbons (Fsp3) is 0.394. The fourth-order valence-electron chi connectivity index (χ4n) is 6.27. The number of amides is 2. The summed E-state index contributed by atoms with van der Waals surface area (Å²) in [5.74, 6) is -2.25. The Kier molecular flexibility index (Phi) is 8.01. The fourth-order valence-corrected chi connectivity index (χ4v) is 6.27. The summed E-state index contributed by atoms with van der Waals surface area (Å²) < 4.78 is 20.3. The molecule has 2 amide bonds. The van der Waals surface area contributed by atoms with Gasteiger partial charge < -0.3 is 25.4 Å². The third kappa shape index (κ3) is 6.04. The number of nitrogens with zero attached hydrogens (tertiary/aromatic N) is 2. The highest BCUT2D eigenvalue weighted by Gasteiger charge is 2.61. The number of fused-ring (bicyclic) bond motifs is 3. The standard InChI is InChI=1S/C33H35FN4O5/c34-23-11-8-12-24(17-23)36-27-14-5-3-1-2-4-10-22-19-33(22,32(41)42)37-29(39)28-18-25(20-38(28)31(27)40)43-30-26-13-7-6-9-21(26)15-16-35-30/h4,6-13,15-17,22,25,27-28,36H,1-3,5,14,18-20H2,(H,37,39)(H,41,42)/b10-4-/t22-,25-,27+,28+,33-/m1/s1. The van der Waals surface area contributed by atoms with Crippen LogP contribution in [0.3, 0.4) is 0 Å². The van der Waals surface area contributed by atoms with E-state index >= 15 is 0 Å². The van der Waals surface area contributed by atoms with Gasteiger partial charge >= 0.3 is 5.97 Å². The molecule has 1 aromatic heterocycles. The Morgan fingerprint density at radius 1 is 1.12 bits per heavy atom. The van der Waals surface area contributed by atoms with Gasteiger partial charge in [0.15, 0.2) is 0 Å². The van der Waals surface area contributed by atoms with Crippen LogP contribution in [0, 0.1) is 11.7 Å². The number of pyridine rings is 1. The van der Waals surface area contributed by atoms with Crippen molar-refractivity contribution in [3.05, 3.63) is 78.8 Å². The maximum absolute atomic E-state index is 14.2. The van der Waals surface area contributed by atoms with Crippen LogP contribution in [0.5, 0.6) is 5.88 Å². The molecule has 2 aromatic carbocycles. The summed E-state index contributed by atoms with van der Waals surface area (Å²) in [7, 11) is 0. The van der Waals surface area contributed by atoms with Crippen molar-refractivity contribution < 1.29 is 28.6 Å². The van der Waals surface area contributed by atoms with Crippen LogP contribution in [0.2, 0.25) is 0 Å². The van der Waals surface area contributed by atoms with Crippen LogP contribution in [0.4, 0.5) is 10.1 Å². The van der Waals surface area contributed by atoms with E-state index in [1.54, 1.807) is 18.3 Å². The predicted molar refractivity (Wildman–Crippen MR) is 159 cm³/mol. The number of carboxylic acids is 1. The Morgan fingerprint density at radius 2 is 1.98 bits per heavy atom. The SMILES string of the molecule is O=C1N[C@]2(C(=O)O)C[C@H]2/C=C\CCCCC[C@H](Nc2cccc(F)c2)C(=O)N2C[C@H](Oc3nccc4ccccc34)C[C@@H]12. The number of anilines is 1. The molecule has 6 rings (SSSR count). The number of ether oxygens (including phenoxy) is 1. The van der Waals surface area contributed by atoms with Crippen molar-refractivity contribution in [2.75, 3.05) is 11.9 Å². The maximum atomic E-state index is 14.2. The lowest BCUT2D eigenvalue weighted by atomic mass is 10.0. The van der Waals surface area contributed by atoms with Gasteiger partial charge in [0.05, 0.1) is 6.54 Å². The number of nitrogens with one attached hydrogen (secondary N) is 2. The molecular weight excluding hydrogens is 551 g/mol. The summed E-state index contributed by atoms with van der Waals surface area (Å²) in [5, 5.41) is 17.8. The topological polar surface area (TPSA) is 121 Å². The minimum Gasteiger partial charge on any atom is -0.479 e. The highest BCUT2D eigenvalue weighted by molar-refractivity contribution is 5.96. The van der Waals surface area contributed by atoms with Crippen molar-refractivity contribution in [2.45, 2.75) is 68.7 Å². The molecule has 5 atom stereocenters. The number of rotatable bonds is 5. The summed E-state index contributed by atoms with van der Waals surface area (Å²) in [6.07, 6.45) is 9.22. The van der Waals surface area contributed by atoms with E-state index in [0.717, 1.165) is 36.5 Å². The zero-order chi connectivity index (χ0) is 30.0. The van der Waals surface area contributed by atoms with Gasteiger partial charge in [-0.1, -0.05) is 49.3 Å². The number of aliphatic carboxylic acids is 1. The quantitative estimate of drug-likeness (QED) is 0.371. The summed E-state index contributed by atoms with van der Waals surface area (Å²) in [5.41, 5.74) is -0.921. The molecule has 3 N–H and O–H groups in total. The van der Waals surface area contributed by atoms with Crippen LogP contribution >= 0.6 is 0 Å². The normalized spacial score (nSPS) is 28.5. The van der Waals surface area contributed by atoms with E-state index in [1.165, 1.54) is 17.0 Å². The molecule has 10 heteroatoms. The third-order valence-corrected chi connectivity index (χ3v) is 8.70. The number of carbonyl (C=O) groups is 3. The highest BCUT2D eigenvalue weighted by Crippen LogP contribution is 2.45. The molecule has 2 fully saturated rings. The molecule has 1 saturated heterocycles. The van der Waals surface area contributed by atoms with E-state index in [9.17, 15) is 23.9 Å². The Morgan fingerprint density at radius 3 is 2.81 bits per heavy atom. The zero-order valence-electron chi connectivity index (χ0n) is 23.7. The van der Waals surface area contributed by atoms with E-state index < -0.39 is 41.4 Å². The number of benzene rings is 2. The summed E-state index contributed by atoms with van der Waals surface area (Å²) in [6.45, 7) is 0.118. The Balaban J connectivity index is 1.31. The number of halogens is 1. The Labute approximate surface area is 249 Å². The number of carboxylic acid groups (broad SMARTS) is 1. The number of allylic oxidation sites excluding steroid dienone is 1. The van der Waals surface area contributed by atoms with E-state index in [4.69, 9.17) is 4.74 Å². The van der Waals surface area contributed by atoms with Crippen LogP contribution in [-0.4, -0.2) is 63.0 Å². The molecule has 9 nitrogen and oxygen atoms in total. The van der Waals surface area contributed by atoms with Gasteiger partial charge in [0.25, 0.3) is 0 Å². The van der Waals surface area contributed by atoms with Crippen molar-refractivity contribution in [3.8, 4) is 5.88 Å². The molecule has 3 heterocycles. The Bertz CT molecular complexity index is 1560. The van der Waals surface area contributed by atoms with Gasteiger partial charge in [0.2, 0.25) is 17.7 Å². The molecule has 0 spiro atoms. The van der Waals surface area contributed by atoms with Crippen molar-refractivity contribution in [2.24, 2.45) is 5.92 Å². The lowest BCUT2D eigenvalue weighted by Crippen LogP contribution is -2.55. The first kappa shape index (κ1) is 28.6. The van der Waals surface area contributed by atoms with Gasteiger partial charge in [-0.15, -0.1) is 0 Å². The molecule has 43 heavy (non-hydrogen) atoms. The monoisotopic (exact) mass is 586 g/mol. The summed E-state index contributed by atoms with van der Waals surface area (Å²) >= 11 is 0. The lowest BCUT2D eigenvalue weighted by molar-refractivity contribution is -0.145.